The summed E-state index contributed by atoms with van der Waals surface area (Å²) in [5, 5.41) is 14.9. The summed E-state index contributed by atoms with van der Waals surface area (Å²) < 4.78 is 25.4. The van der Waals surface area contributed by atoms with Gasteiger partial charge in [-0.3, -0.25) is 0 Å². The van der Waals surface area contributed by atoms with Crippen LogP contribution in [-0.2, 0) is 18.9 Å². The van der Waals surface area contributed by atoms with Gasteiger partial charge in [-0.05, 0) is 84.4 Å². The maximum absolute atomic E-state index is 14.0. The van der Waals surface area contributed by atoms with E-state index in [1.807, 2.05) is 53.7 Å². The van der Waals surface area contributed by atoms with E-state index in [1.165, 1.54) is 0 Å². The molecule has 0 bridgehead atoms. The van der Waals surface area contributed by atoms with Crippen LogP contribution in [0.4, 0.5) is 0 Å². The maximum atomic E-state index is 14.0. The van der Waals surface area contributed by atoms with Crippen molar-refractivity contribution in [1.29, 1.82) is 0 Å². The van der Waals surface area contributed by atoms with E-state index in [0.717, 1.165) is 57.8 Å². The van der Waals surface area contributed by atoms with Crippen LogP contribution in [0.2, 0.25) is 0 Å². The van der Waals surface area contributed by atoms with Crippen LogP contribution in [0.3, 0.4) is 0 Å². The first-order chi connectivity index (χ1) is 16.0. The maximum Gasteiger partial charge on any atom is 0.289 e. The average molecular weight is 469 g/mol. The Morgan fingerprint density at radius 1 is 0.882 bits per heavy atom. The molecule has 182 valence electrons. The van der Waals surface area contributed by atoms with Crippen molar-refractivity contribution in [3.63, 3.8) is 0 Å². The second-order valence-electron chi connectivity index (χ2n) is 11.0. The summed E-state index contributed by atoms with van der Waals surface area (Å²) in [6, 6.07) is 0. The predicted octanol–water partition coefficient (Wildman–Crippen LogP) is 4.83. The molecular formula is C26H32N2O6. The Kier molecular flexibility index (Phi) is 4.74. The normalized spacial score (nSPS) is 38.3. The van der Waals surface area contributed by atoms with Gasteiger partial charge in [0.1, 0.15) is 11.8 Å². The Labute approximate surface area is 199 Å². The zero-order valence-corrected chi connectivity index (χ0v) is 20.6. The summed E-state index contributed by atoms with van der Waals surface area (Å²) in [4.78, 5) is 14.0. The Balaban J connectivity index is 1.43. The molecule has 8 heteroatoms. The van der Waals surface area contributed by atoms with Gasteiger partial charge in [-0.25, -0.2) is 0 Å². The number of rotatable bonds is 0. The van der Waals surface area contributed by atoms with Gasteiger partial charge in [0.25, 0.3) is 11.4 Å². The second-order valence-corrected chi connectivity index (χ2v) is 11.0. The van der Waals surface area contributed by atoms with E-state index in [9.17, 15) is 10.1 Å². The van der Waals surface area contributed by atoms with Gasteiger partial charge in [0.05, 0.1) is 17.0 Å². The van der Waals surface area contributed by atoms with E-state index in [2.05, 4.69) is 0 Å². The number of nitrogens with zero attached hydrogens (tertiary/aromatic N) is 2. The van der Waals surface area contributed by atoms with Crippen LogP contribution in [0.5, 0.6) is 0 Å². The molecule has 4 aliphatic heterocycles. The molecule has 0 aromatic rings. The summed E-state index contributed by atoms with van der Waals surface area (Å²) >= 11 is 0. The molecule has 0 N–H and O–H groups in total. The molecule has 2 aliphatic carbocycles. The van der Waals surface area contributed by atoms with E-state index < -0.39 is 23.8 Å². The third-order valence-electron chi connectivity index (χ3n) is 7.56. The van der Waals surface area contributed by atoms with Crippen molar-refractivity contribution in [2.24, 2.45) is 0 Å². The molecule has 6 rings (SSSR count). The van der Waals surface area contributed by atoms with E-state index in [1.54, 1.807) is 0 Å². The number of allylic oxidation sites excluding steroid dienone is 6. The Hall–Kier alpha value is -2.10. The van der Waals surface area contributed by atoms with Gasteiger partial charge in [0.2, 0.25) is 0 Å². The van der Waals surface area contributed by atoms with Gasteiger partial charge in [-0.2, -0.15) is 0 Å². The highest BCUT2D eigenvalue weighted by atomic mass is 16.8. The van der Waals surface area contributed by atoms with E-state index in [-0.39, 0.29) is 12.2 Å². The molecule has 2 saturated heterocycles. The number of nitroso groups, excluding NO2 is 1. The van der Waals surface area contributed by atoms with Crippen LogP contribution in [0.15, 0.2) is 57.2 Å². The van der Waals surface area contributed by atoms with E-state index in [4.69, 9.17) is 18.9 Å². The standard InChI is InChI=1S/C26H32N2O6/c1-13-11-15-7-9-17-23(33-25(3,4)31-17)21(15)27(29)19(13)20-14(2)12-16-8-10-18-24(22(16)28(20)30)34-26(5,6)32-18/h11-12,17-18,23-24H,7-10H2,1-6H3/t17-,18-,23-,24-/m0/s1. The third kappa shape index (κ3) is 3.23. The van der Waals surface area contributed by atoms with Crippen LogP contribution in [0.25, 0.3) is 0 Å². The summed E-state index contributed by atoms with van der Waals surface area (Å²) in [7, 11) is 0. The number of hydroxylamine groups is 2. The van der Waals surface area contributed by atoms with Crippen LogP contribution in [0, 0.1) is 10.1 Å². The lowest BCUT2D eigenvalue weighted by Gasteiger charge is -2.44. The minimum Gasteiger partial charge on any atom is -0.754 e. The van der Waals surface area contributed by atoms with Crippen molar-refractivity contribution < 1.29 is 23.7 Å². The fourth-order valence-corrected chi connectivity index (χ4v) is 6.34. The molecule has 0 unspecified atom stereocenters. The lowest BCUT2D eigenvalue weighted by atomic mass is 9.84. The summed E-state index contributed by atoms with van der Waals surface area (Å²) in [5.74, 6) is -1.51. The minimum absolute atomic E-state index is 0.172. The van der Waals surface area contributed by atoms with E-state index >= 15 is 0 Å². The number of hydrogen-bond donors (Lipinski definition) is 0. The van der Waals surface area contributed by atoms with Gasteiger partial charge in [-0.15, -0.1) is 0 Å². The number of fused-ring (bicyclic) bond motifs is 4. The molecular weight excluding hydrogens is 436 g/mol. The zero-order valence-electron chi connectivity index (χ0n) is 20.6. The molecule has 0 radical (unpaired) electrons. The van der Waals surface area contributed by atoms with Crippen molar-refractivity contribution >= 4 is 0 Å². The Morgan fingerprint density at radius 3 is 2.12 bits per heavy atom. The highest BCUT2D eigenvalue weighted by Crippen LogP contribution is 2.48. The van der Waals surface area contributed by atoms with Gasteiger partial charge in [0.15, 0.2) is 17.7 Å². The van der Waals surface area contributed by atoms with Crippen LogP contribution >= 0.6 is 0 Å². The van der Waals surface area contributed by atoms with Crippen molar-refractivity contribution in [3.8, 4) is 0 Å². The smallest absolute Gasteiger partial charge is 0.289 e. The third-order valence-corrected chi connectivity index (χ3v) is 7.56. The number of ether oxygens (including phenoxy) is 4. The minimum atomic E-state index is -0.753. The van der Waals surface area contributed by atoms with Crippen molar-refractivity contribution in [3.05, 3.63) is 67.3 Å². The molecule has 0 amide bonds. The van der Waals surface area contributed by atoms with E-state index in [0.29, 0.717) is 22.8 Å². The first-order valence-electron chi connectivity index (χ1n) is 12.2. The van der Waals surface area contributed by atoms with Crippen molar-refractivity contribution in [1.82, 2.24) is 5.06 Å². The van der Waals surface area contributed by atoms with Crippen LogP contribution in [0.1, 0.15) is 67.2 Å². The Morgan fingerprint density at radius 2 is 1.44 bits per heavy atom. The fraction of sp³-hybridized carbons (Fsp3) is 0.615. The Bertz CT molecular complexity index is 1150. The lowest BCUT2D eigenvalue weighted by Crippen LogP contribution is -2.40. The average Bonchev–Trinajstić information content (AvgIpc) is 3.22. The second kappa shape index (κ2) is 7.21. The zero-order chi connectivity index (χ0) is 24.2. The van der Waals surface area contributed by atoms with Crippen LogP contribution < -0.4 is 0 Å². The molecule has 0 saturated carbocycles. The molecule has 0 aromatic carbocycles. The molecule has 4 atom stereocenters. The first-order valence-corrected chi connectivity index (χ1v) is 12.2. The van der Waals surface area contributed by atoms with Gasteiger partial charge < -0.3 is 29.2 Å². The predicted molar refractivity (Wildman–Crippen MR) is 124 cm³/mol. The summed E-state index contributed by atoms with van der Waals surface area (Å²) in [5.41, 5.74) is 5.30. The first kappa shape index (κ1) is 22.4. The van der Waals surface area contributed by atoms with Gasteiger partial charge in [-0.1, -0.05) is 6.08 Å². The lowest BCUT2D eigenvalue weighted by molar-refractivity contribution is -0.458. The van der Waals surface area contributed by atoms with Crippen LogP contribution in [-0.4, -0.2) is 45.8 Å². The molecule has 6 aliphatic rings. The van der Waals surface area contributed by atoms with Crippen molar-refractivity contribution in [2.45, 2.75) is 103 Å². The van der Waals surface area contributed by atoms with Crippen molar-refractivity contribution in [2.75, 3.05) is 0 Å². The quantitative estimate of drug-likeness (QED) is 0.471. The monoisotopic (exact) mass is 468 g/mol. The highest BCUT2D eigenvalue weighted by Gasteiger charge is 2.55. The molecule has 34 heavy (non-hydrogen) atoms. The molecule has 4 heterocycles. The SMILES string of the molecule is CC1=CC2=C([C@H]3OC(C)(C)O[C@H]3CC2)N([O-])C1=C1C(C)=CC2=C([C@H]3OC(C)(C)O[C@H]3CC2)[N+]1=O. The fourth-order valence-electron chi connectivity index (χ4n) is 6.34. The van der Waals surface area contributed by atoms with Gasteiger partial charge >= 0.3 is 0 Å². The molecule has 0 aromatic heterocycles. The highest BCUT2D eigenvalue weighted by molar-refractivity contribution is 5.53. The largest absolute Gasteiger partial charge is 0.754 e. The summed E-state index contributed by atoms with van der Waals surface area (Å²) in [6.45, 7) is 11.3. The number of hydrogen-bond acceptors (Lipinski definition) is 7. The molecule has 2 fully saturated rings. The molecule has 0 spiro atoms. The topological polar surface area (TPSA) is 83.3 Å². The van der Waals surface area contributed by atoms with Gasteiger partial charge in [0, 0.05) is 21.8 Å². The summed E-state index contributed by atoms with van der Waals surface area (Å²) in [6.07, 6.45) is 5.89. The molecule has 8 nitrogen and oxygen atoms in total.